The molecule has 242 valence electrons. The lowest BCUT2D eigenvalue weighted by Crippen LogP contribution is -2.53. The lowest BCUT2D eigenvalue weighted by Gasteiger charge is -2.34. The van der Waals surface area contributed by atoms with Crippen LogP contribution in [-0.4, -0.2) is 58.5 Å². The summed E-state index contributed by atoms with van der Waals surface area (Å²) in [6.45, 7) is 0.878. The molecule has 4 aromatic carbocycles. The van der Waals surface area contributed by atoms with Gasteiger partial charge in [-0.25, -0.2) is 17.2 Å². The monoisotopic (exact) mass is 651 g/mol. The molecule has 4 aromatic rings. The maximum Gasteiger partial charge on any atom is 0.264 e. The van der Waals surface area contributed by atoms with Crippen molar-refractivity contribution in [1.29, 1.82) is 0 Å². The minimum Gasteiger partial charge on any atom is -0.493 e. The molecule has 0 aliphatic rings. The molecule has 0 aromatic heterocycles. The van der Waals surface area contributed by atoms with Crippen LogP contribution in [0.2, 0.25) is 0 Å². The highest BCUT2D eigenvalue weighted by Gasteiger charge is 2.35. The van der Waals surface area contributed by atoms with Crippen molar-refractivity contribution in [3.8, 4) is 11.5 Å². The third-order valence-corrected chi connectivity index (χ3v) is 9.03. The number of methoxy groups -OCH3 is 2. The van der Waals surface area contributed by atoms with E-state index in [1.54, 1.807) is 37.3 Å². The first kappa shape index (κ1) is 33.9. The van der Waals surface area contributed by atoms with Crippen molar-refractivity contribution in [3.63, 3.8) is 0 Å². The Labute approximate surface area is 267 Å². The normalized spacial score (nSPS) is 11.8. The van der Waals surface area contributed by atoms with Gasteiger partial charge in [-0.2, -0.15) is 0 Å². The van der Waals surface area contributed by atoms with E-state index in [1.165, 1.54) is 67.7 Å². The van der Waals surface area contributed by atoms with Crippen LogP contribution in [0.15, 0.2) is 102 Å². The van der Waals surface area contributed by atoms with E-state index >= 15 is 0 Å². The summed E-state index contributed by atoms with van der Waals surface area (Å²) < 4.78 is 68.6. The average molecular weight is 652 g/mol. The minimum atomic E-state index is -4.50. The van der Waals surface area contributed by atoms with Crippen LogP contribution in [0.3, 0.4) is 0 Å². The number of likely N-dealkylation sites (N-methyl/N-ethyl adjacent to an activating group) is 1. The van der Waals surface area contributed by atoms with Crippen LogP contribution >= 0.6 is 0 Å². The zero-order valence-electron chi connectivity index (χ0n) is 25.7. The van der Waals surface area contributed by atoms with Gasteiger partial charge in [0.15, 0.2) is 11.5 Å². The number of nitrogens with one attached hydrogen (secondary N) is 1. The van der Waals surface area contributed by atoms with Gasteiger partial charge in [0.05, 0.1) is 24.8 Å². The maximum atomic E-state index is 15.0. The molecule has 12 heteroatoms. The number of hydrogen-bond acceptors (Lipinski definition) is 6. The number of hydrogen-bond donors (Lipinski definition) is 1. The molecule has 1 N–H and O–H groups in total. The van der Waals surface area contributed by atoms with Crippen LogP contribution in [0.1, 0.15) is 18.1 Å². The Bertz CT molecular complexity index is 1750. The molecule has 0 aliphatic heterocycles. The molecule has 46 heavy (non-hydrogen) atoms. The quantitative estimate of drug-likeness (QED) is 0.207. The third kappa shape index (κ3) is 7.99. The number of carbonyl (C=O) groups is 2. The van der Waals surface area contributed by atoms with E-state index in [1.807, 2.05) is 6.07 Å². The van der Waals surface area contributed by atoms with Crippen molar-refractivity contribution in [3.05, 3.63) is 120 Å². The van der Waals surface area contributed by atoms with E-state index in [-0.39, 0.29) is 47.2 Å². The molecule has 0 radical (unpaired) electrons. The minimum absolute atomic E-state index is 0.00649. The van der Waals surface area contributed by atoms with Gasteiger partial charge in [0.25, 0.3) is 10.0 Å². The molecule has 2 amide bonds. The summed E-state index contributed by atoms with van der Waals surface area (Å²) in [5.41, 5.74) is 0.862. The zero-order chi connectivity index (χ0) is 33.3. The Morgan fingerprint density at radius 1 is 0.848 bits per heavy atom. The molecule has 0 saturated carbocycles. The fourth-order valence-corrected chi connectivity index (χ4v) is 6.33. The standard InChI is InChI=1S/C34H35F2N3O6S/c1-4-37-34(41)30(20-24-10-6-5-7-11-24)38(22-25-12-8-9-13-29(25)36)33(40)23-39(27-16-14-26(35)15-17-27)46(42,43)28-18-19-31(44-2)32(21-28)45-3/h5-19,21,30H,4,20,22-23H2,1-3H3,(H,37,41)/t30-/m0/s1. The second-order valence-electron chi connectivity index (χ2n) is 10.2. The van der Waals surface area contributed by atoms with Crippen LogP contribution in [0.4, 0.5) is 14.5 Å². The molecule has 4 rings (SSSR count). The van der Waals surface area contributed by atoms with Crippen molar-refractivity contribution in [2.45, 2.75) is 30.8 Å². The Kier molecular flexibility index (Phi) is 11.3. The van der Waals surface area contributed by atoms with Gasteiger partial charge < -0.3 is 19.7 Å². The fraction of sp³-hybridized carbons (Fsp3) is 0.235. The van der Waals surface area contributed by atoms with Crippen LogP contribution in [-0.2, 0) is 32.6 Å². The van der Waals surface area contributed by atoms with Gasteiger partial charge in [0, 0.05) is 31.1 Å². The van der Waals surface area contributed by atoms with Crippen LogP contribution in [0, 0.1) is 11.6 Å². The van der Waals surface area contributed by atoms with Crippen LogP contribution in [0.5, 0.6) is 11.5 Å². The average Bonchev–Trinajstić information content (AvgIpc) is 3.06. The molecule has 0 saturated heterocycles. The van der Waals surface area contributed by atoms with Gasteiger partial charge in [0.2, 0.25) is 11.8 Å². The number of ether oxygens (including phenoxy) is 2. The number of rotatable bonds is 14. The summed E-state index contributed by atoms with van der Waals surface area (Å²) in [6, 6.07) is 22.2. The van der Waals surface area contributed by atoms with Gasteiger partial charge in [0.1, 0.15) is 24.2 Å². The Morgan fingerprint density at radius 3 is 2.13 bits per heavy atom. The summed E-state index contributed by atoms with van der Waals surface area (Å²) >= 11 is 0. The number of sulfonamides is 1. The first-order valence-electron chi connectivity index (χ1n) is 14.4. The molecule has 0 fully saturated rings. The predicted octanol–water partition coefficient (Wildman–Crippen LogP) is 4.95. The number of amides is 2. The third-order valence-electron chi connectivity index (χ3n) is 7.26. The largest absolute Gasteiger partial charge is 0.493 e. The van der Waals surface area contributed by atoms with Gasteiger partial charge in [-0.1, -0.05) is 48.5 Å². The maximum absolute atomic E-state index is 15.0. The fourth-order valence-electron chi connectivity index (χ4n) is 4.90. The van der Waals surface area contributed by atoms with Gasteiger partial charge in [-0.15, -0.1) is 0 Å². The molecule has 0 spiro atoms. The first-order chi connectivity index (χ1) is 22.1. The second kappa shape index (κ2) is 15.3. The predicted molar refractivity (Wildman–Crippen MR) is 170 cm³/mol. The lowest BCUT2D eigenvalue weighted by atomic mass is 10.0. The van der Waals surface area contributed by atoms with E-state index in [0.29, 0.717) is 0 Å². The highest BCUT2D eigenvalue weighted by atomic mass is 32.2. The molecular weight excluding hydrogens is 616 g/mol. The second-order valence-corrected chi connectivity index (χ2v) is 12.1. The van der Waals surface area contributed by atoms with Crippen LogP contribution < -0.4 is 19.1 Å². The summed E-state index contributed by atoms with van der Waals surface area (Å²) in [6.07, 6.45) is 0.0752. The molecular formula is C34H35F2N3O6S. The highest BCUT2D eigenvalue weighted by molar-refractivity contribution is 7.92. The Balaban J connectivity index is 1.82. The van der Waals surface area contributed by atoms with E-state index < -0.39 is 46.1 Å². The summed E-state index contributed by atoms with van der Waals surface area (Å²) in [5, 5.41) is 2.75. The summed E-state index contributed by atoms with van der Waals surface area (Å²) in [5.74, 6) is -2.07. The molecule has 0 unspecified atom stereocenters. The zero-order valence-corrected chi connectivity index (χ0v) is 26.5. The van der Waals surface area contributed by atoms with E-state index in [9.17, 15) is 26.8 Å². The topological polar surface area (TPSA) is 105 Å². The SMILES string of the molecule is CCNC(=O)[C@H](Cc1ccccc1)N(Cc1ccccc1F)C(=O)CN(c1ccc(F)cc1)S(=O)(=O)c1ccc(OC)c(OC)c1. The Hall–Kier alpha value is -4.97. The van der Waals surface area contributed by atoms with Gasteiger partial charge >= 0.3 is 0 Å². The van der Waals surface area contributed by atoms with Gasteiger partial charge in [-0.05, 0) is 55.0 Å². The first-order valence-corrected chi connectivity index (χ1v) is 15.9. The number of halogens is 2. The summed E-state index contributed by atoms with van der Waals surface area (Å²) in [7, 11) is -1.74. The van der Waals surface area contributed by atoms with Crippen molar-refractivity contribution in [2.24, 2.45) is 0 Å². The summed E-state index contributed by atoms with van der Waals surface area (Å²) in [4.78, 5) is 28.8. The van der Waals surface area contributed by atoms with Gasteiger partial charge in [-0.3, -0.25) is 13.9 Å². The highest BCUT2D eigenvalue weighted by Crippen LogP contribution is 2.32. The van der Waals surface area contributed by atoms with E-state index in [4.69, 9.17) is 9.47 Å². The van der Waals surface area contributed by atoms with E-state index in [0.717, 1.165) is 22.0 Å². The number of nitrogens with zero attached hydrogens (tertiary/aromatic N) is 2. The smallest absolute Gasteiger partial charge is 0.264 e. The molecule has 1 atom stereocenters. The number of carbonyl (C=O) groups excluding carboxylic acids is 2. The van der Waals surface area contributed by atoms with Crippen molar-refractivity contribution in [2.75, 3.05) is 31.6 Å². The van der Waals surface area contributed by atoms with Crippen LogP contribution in [0.25, 0.3) is 0 Å². The van der Waals surface area contributed by atoms with E-state index in [2.05, 4.69) is 5.32 Å². The number of anilines is 1. The molecule has 0 aliphatic carbocycles. The van der Waals surface area contributed by atoms with Crippen molar-refractivity contribution < 1.29 is 36.3 Å². The molecule has 9 nitrogen and oxygen atoms in total. The number of benzene rings is 4. The van der Waals surface area contributed by atoms with Crippen molar-refractivity contribution >= 4 is 27.5 Å². The lowest BCUT2D eigenvalue weighted by molar-refractivity contribution is -0.140. The Morgan fingerprint density at radius 2 is 1.50 bits per heavy atom. The molecule has 0 bridgehead atoms. The van der Waals surface area contributed by atoms with Crippen molar-refractivity contribution in [1.82, 2.24) is 10.2 Å². The molecule has 0 heterocycles.